The molecule has 0 unspecified atom stereocenters. The Kier molecular flexibility index (Phi) is 5.22. The molecule has 0 aliphatic carbocycles. The number of halogens is 3. The van der Waals surface area contributed by atoms with Crippen molar-refractivity contribution >= 4 is 17.6 Å². The molecule has 0 bridgehead atoms. The number of aromatic nitrogens is 2. The number of H-pyrrole nitrogens is 1. The minimum absolute atomic E-state index is 0.00146. The van der Waals surface area contributed by atoms with E-state index in [0.29, 0.717) is 16.0 Å². The summed E-state index contributed by atoms with van der Waals surface area (Å²) >= 11 is 0. The summed E-state index contributed by atoms with van der Waals surface area (Å²) < 4.78 is 42.7. The van der Waals surface area contributed by atoms with Gasteiger partial charge in [-0.1, -0.05) is 11.8 Å². The molecule has 3 amide bonds. The standard InChI is InChI=1S/C23H17F3N4O2/c1-23(16-12-27-28-13-16)11-20(31)30(22(32)29(23)2)21-18(25)9-15(10-19(21)26)4-3-14-5-7-17(24)8-6-14/h5-10,12-13H,11H2,1-2H3,(H,27,28)/t23-/m0/s1. The summed E-state index contributed by atoms with van der Waals surface area (Å²) in [7, 11) is 1.45. The van der Waals surface area contributed by atoms with Crippen LogP contribution >= 0.6 is 0 Å². The lowest BCUT2D eigenvalue weighted by molar-refractivity contribution is -0.122. The van der Waals surface area contributed by atoms with Gasteiger partial charge in [0.15, 0.2) is 11.6 Å². The molecule has 0 spiro atoms. The fourth-order valence-electron chi connectivity index (χ4n) is 3.55. The zero-order chi connectivity index (χ0) is 23.0. The van der Waals surface area contributed by atoms with E-state index in [1.54, 1.807) is 13.1 Å². The second-order valence-electron chi connectivity index (χ2n) is 7.55. The molecule has 4 rings (SSSR count). The number of amides is 3. The van der Waals surface area contributed by atoms with Gasteiger partial charge in [-0.2, -0.15) is 5.10 Å². The molecule has 1 atom stereocenters. The highest BCUT2D eigenvalue weighted by atomic mass is 19.1. The molecule has 0 saturated carbocycles. The Hall–Kier alpha value is -4.06. The van der Waals surface area contributed by atoms with Crippen LogP contribution in [-0.2, 0) is 10.3 Å². The molecule has 32 heavy (non-hydrogen) atoms. The Morgan fingerprint density at radius 1 is 1.03 bits per heavy atom. The van der Waals surface area contributed by atoms with Crippen molar-refractivity contribution in [2.75, 3.05) is 11.9 Å². The van der Waals surface area contributed by atoms with E-state index in [1.165, 1.54) is 42.4 Å². The van der Waals surface area contributed by atoms with Crippen molar-refractivity contribution in [3.63, 3.8) is 0 Å². The Morgan fingerprint density at radius 3 is 2.25 bits per heavy atom. The fourth-order valence-corrected chi connectivity index (χ4v) is 3.55. The predicted molar refractivity (Wildman–Crippen MR) is 110 cm³/mol. The largest absolute Gasteiger partial charge is 0.332 e. The Labute approximate surface area is 181 Å². The minimum atomic E-state index is -1.10. The molecular weight excluding hydrogens is 421 g/mol. The molecule has 0 radical (unpaired) electrons. The summed E-state index contributed by atoms with van der Waals surface area (Å²) in [5.74, 6) is 1.89. The number of anilines is 1. The van der Waals surface area contributed by atoms with Gasteiger partial charge in [0.2, 0.25) is 5.91 Å². The third-order valence-electron chi connectivity index (χ3n) is 5.52. The van der Waals surface area contributed by atoms with Crippen molar-refractivity contribution in [2.24, 2.45) is 0 Å². The summed E-state index contributed by atoms with van der Waals surface area (Å²) in [5.41, 5.74) is -0.730. The Morgan fingerprint density at radius 2 is 1.66 bits per heavy atom. The molecule has 162 valence electrons. The second kappa shape index (κ2) is 7.89. The lowest BCUT2D eigenvalue weighted by Gasteiger charge is -2.45. The second-order valence-corrected chi connectivity index (χ2v) is 7.55. The summed E-state index contributed by atoms with van der Waals surface area (Å²) in [6.45, 7) is 1.67. The summed E-state index contributed by atoms with van der Waals surface area (Å²) in [4.78, 5) is 27.6. The van der Waals surface area contributed by atoms with Gasteiger partial charge in [-0.05, 0) is 43.3 Å². The van der Waals surface area contributed by atoms with E-state index >= 15 is 0 Å². The lowest BCUT2D eigenvalue weighted by atomic mass is 9.87. The highest BCUT2D eigenvalue weighted by Crippen LogP contribution is 2.38. The highest BCUT2D eigenvalue weighted by molar-refractivity contribution is 6.16. The van der Waals surface area contributed by atoms with E-state index in [9.17, 15) is 22.8 Å². The van der Waals surface area contributed by atoms with Gasteiger partial charge in [0.25, 0.3) is 0 Å². The van der Waals surface area contributed by atoms with Gasteiger partial charge >= 0.3 is 6.03 Å². The quantitative estimate of drug-likeness (QED) is 0.617. The highest BCUT2D eigenvalue weighted by Gasteiger charge is 2.48. The summed E-state index contributed by atoms with van der Waals surface area (Å²) in [5, 5.41) is 6.48. The van der Waals surface area contributed by atoms with Crippen molar-refractivity contribution in [1.82, 2.24) is 15.1 Å². The predicted octanol–water partition coefficient (Wildman–Crippen LogP) is 3.93. The third-order valence-corrected chi connectivity index (χ3v) is 5.52. The first kappa shape index (κ1) is 21.2. The van der Waals surface area contributed by atoms with E-state index in [-0.39, 0.29) is 12.0 Å². The number of imide groups is 1. The van der Waals surface area contributed by atoms with Gasteiger partial charge in [0.1, 0.15) is 11.5 Å². The number of hydrogen-bond donors (Lipinski definition) is 1. The van der Waals surface area contributed by atoms with Crippen LogP contribution in [-0.4, -0.2) is 34.1 Å². The number of benzene rings is 2. The number of nitrogens with one attached hydrogen (secondary N) is 1. The molecule has 1 saturated heterocycles. The monoisotopic (exact) mass is 438 g/mol. The van der Waals surface area contributed by atoms with Gasteiger partial charge < -0.3 is 4.90 Å². The van der Waals surface area contributed by atoms with Gasteiger partial charge in [0, 0.05) is 29.9 Å². The van der Waals surface area contributed by atoms with Crippen LogP contribution < -0.4 is 4.90 Å². The van der Waals surface area contributed by atoms with Crippen molar-refractivity contribution < 1.29 is 22.8 Å². The molecular formula is C23H17F3N4O2. The van der Waals surface area contributed by atoms with Crippen LogP contribution in [0, 0.1) is 29.3 Å². The maximum Gasteiger partial charge on any atom is 0.332 e. The van der Waals surface area contributed by atoms with Crippen LogP contribution in [0.2, 0.25) is 0 Å². The minimum Gasteiger partial charge on any atom is -0.317 e. The average molecular weight is 438 g/mol. The molecule has 1 fully saturated rings. The molecule has 1 aliphatic rings. The molecule has 1 aromatic heterocycles. The van der Waals surface area contributed by atoms with Gasteiger partial charge in [-0.25, -0.2) is 22.9 Å². The first-order valence-corrected chi connectivity index (χ1v) is 9.57. The van der Waals surface area contributed by atoms with Crippen LogP contribution in [0.5, 0.6) is 0 Å². The van der Waals surface area contributed by atoms with Gasteiger partial charge in [0.05, 0.1) is 18.2 Å². The molecule has 2 aromatic carbocycles. The maximum atomic E-state index is 14.9. The molecule has 3 aromatic rings. The zero-order valence-electron chi connectivity index (χ0n) is 17.1. The smallest absolute Gasteiger partial charge is 0.317 e. The Bertz CT molecular complexity index is 1240. The lowest BCUT2D eigenvalue weighted by Crippen LogP contribution is -2.60. The first-order valence-electron chi connectivity index (χ1n) is 9.57. The van der Waals surface area contributed by atoms with Crippen LogP contribution in [0.15, 0.2) is 48.8 Å². The molecule has 2 heterocycles. The van der Waals surface area contributed by atoms with E-state index in [1.807, 2.05) is 0 Å². The summed E-state index contributed by atoms with van der Waals surface area (Å²) in [6, 6.07) is 6.32. The van der Waals surface area contributed by atoms with E-state index in [2.05, 4.69) is 22.0 Å². The first-order chi connectivity index (χ1) is 15.2. The third kappa shape index (κ3) is 3.60. The number of rotatable bonds is 2. The SMILES string of the molecule is CN1C(=O)N(c2c(F)cc(C#Cc3ccc(F)cc3)cc2F)C(=O)C[C@@]1(C)c1cn[nH]c1. The average Bonchev–Trinajstić information content (AvgIpc) is 3.29. The normalized spacial score (nSPS) is 18.5. The number of aromatic amines is 1. The summed E-state index contributed by atoms with van der Waals surface area (Å²) in [6.07, 6.45) is 2.85. The number of urea groups is 1. The molecule has 9 heteroatoms. The fraction of sp³-hybridized carbons (Fsp3) is 0.174. The van der Waals surface area contributed by atoms with Crippen molar-refractivity contribution in [3.8, 4) is 11.8 Å². The van der Waals surface area contributed by atoms with E-state index in [4.69, 9.17) is 0 Å². The van der Waals surface area contributed by atoms with Crippen molar-refractivity contribution in [2.45, 2.75) is 18.9 Å². The number of nitrogens with zero attached hydrogens (tertiary/aromatic N) is 3. The zero-order valence-corrected chi connectivity index (χ0v) is 17.1. The van der Waals surface area contributed by atoms with Crippen LogP contribution in [0.25, 0.3) is 0 Å². The van der Waals surface area contributed by atoms with Crippen molar-refractivity contribution in [3.05, 3.63) is 82.9 Å². The molecule has 6 nitrogen and oxygen atoms in total. The van der Waals surface area contributed by atoms with Crippen LogP contribution in [0.3, 0.4) is 0 Å². The van der Waals surface area contributed by atoms with Crippen LogP contribution in [0.4, 0.5) is 23.7 Å². The number of carbonyl (C=O) groups is 2. The number of hydrogen-bond acceptors (Lipinski definition) is 3. The van der Waals surface area contributed by atoms with Gasteiger partial charge in [-0.15, -0.1) is 0 Å². The number of carbonyl (C=O) groups excluding carboxylic acids is 2. The van der Waals surface area contributed by atoms with E-state index < -0.39 is 40.6 Å². The van der Waals surface area contributed by atoms with E-state index in [0.717, 1.165) is 12.1 Å². The van der Waals surface area contributed by atoms with Crippen LogP contribution in [0.1, 0.15) is 30.0 Å². The Balaban J connectivity index is 1.66. The van der Waals surface area contributed by atoms with Gasteiger partial charge in [-0.3, -0.25) is 9.89 Å². The molecule has 1 N–H and O–H groups in total. The van der Waals surface area contributed by atoms with Crippen molar-refractivity contribution in [1.29, 1.82) is 0 Å². The topological polar surface area (TPSA) is 69.3 Å². The maximum absolute atomic E-state index is 14.9. The molecule has 1 aliphatic heterocycles.